The van der Waals surface area contributed by atoms with E-state index in [9.17, 15) is 22.8 Å². The molecule has 0 spiro atoms. The molecule has 4 nitrogen and oxygen atoms in total. The molecule has 7 heteroatoms. The highest BCUT2D eigenvalue weighted by Gasteiger charge is 2.45. The normalized spacial score (nSPS) is 11.9. The first-order chi connectivity index (χ1) is 13.2. The van der Waals surface area contributed by atoms with Gasteiger partial charge in [-0.1, -0.05) is 52.2 Å². The molecule has 0 heterocycles. The van der Waals surface area contributed by atoms with Crippen molar-refractivity contribution in [2.45, 2.75) is 72.1 Å². The molecule has 0 aliphatic carbocycles. The molecule has 0 aromatic heterocycles. The molecule has 1 aromatic carbocycles. The SMILES string of the molecule is CCCCCCOC(=O)C(CC)(CC)C(=O)OCc1ccc(C(F)(F)F)cc1. The second-order valence-electron chi connectivity index (χ2n) is 6.76. The van der Waals surface area contributed by atoms with Crippen LogP contribution in [0.4, 0.5) is 13.2 Å². The van der Waals surface area contributed by atoms with E-state index in [-0.39, 0.29) is 26.1 Å². The maximum absolute atomic E-state index is 12.6. The van der Waals surface area contributed by atoms with Crippen LogP contribution in [0.25, 0.3) is 0 Å². The lowest BCUT2D eigenvalue weighted by atomic mass is 9.82. The van der Waals surface area contributed by atoms with E-state index in [0.717, 1.165) is 37.8 Å². The van der Waals surface area contributed by atoms with Crippen LogP contribution >= 0.6 is 0 Å². The third kappa shape index (κ3) is 6.53. The van der Waals surface area contributed by atoms with Gasteiger partial charge in [-0.15, -0.1) is 0 Å². The first kappa shape index (κ1) is 24.0. The summed E-state index contributed by atoms with van der Waals surface area (Å²) in [6.45, 7) is 5.55. The van der Waals surface area contributed by atoms with Gasteiger partial charge in [-0.2, -0.15) is 13.2 Å². The van der Waals surface area contributed by atoms with Gasteiger partial charge in [0.25, 0.3) is 0 Å². The molecule has 0 unspecified atom stereocenters. The molecule has 0 amide bonds. The summed E-state index contributed by atoms with van der Waals surface area (Å²) < 4.78 is 48.4. The van der Waals surface area contributed by atoms with Crippen LogP contribution in [0.15, 0.2) is 24.3 Å². The Kier molecular flexibility index (Phi) is 9.49. The zero-order chi connectivity index (χ0) is 21.2. The number of esters is 2. The van der Waals surface area contributed by atoms with Crippen LogP contribution in [0, 0.1) is 5.41 Å². The number of alkyl halides is 3. The number of rotatable bonds is 11. The molecule has 0 fully saturated rings. The molecule has 1 aromatic rings. The van der Waals surface area contributed by atoms with Crippen molar-refractivity contribution < 1.29 is 32.2 Å². The zero-order valence-electron chi connectivity index (χ0n) is 16.7. The molecule has 0 aliphatic heterocycles. The number of ether oxygens (including phenoxy) is 2. The minimum atomic E-state index is -4.42. The lowest BCUT2D eigenvalue weighted by Crippen LogP contribution is -2.41. The first-order valence-corrected chi connectivity index (χ1v) is 9.71. The number of benzene rings is 1. The van der Waals surface area contributed by atoms with Crippen molar-refractivity contribution >= 4 is 11.9 Å². The van der Waals surface area contributed by atoms with Crippen LogP contribution in [0.1, 0.15) is 70.4 Å². The van der Waals surface area contributed by atoms with Gasteiger partial charge >= 0.3 is 18.1 Å². The van der Waals surface area contributed by atoms with Gasteiger partial charge in [-0.05, 0) is 37.0 Å². The van der Waals surface area contributed by atoms with E-state index in [0.29, 0.717) is 5.56 Å². The molecule has 0 saturated carbocycles. The Labute approximate surface area is 164 Å². The van der Waals surface area contributed by atoms with Gasteiger partial charge < -0.3 is 9.47 Å². The molecule has 28 heavy (non-hydrogen) atoms. The minimum Gasteiger partial charge on any atom is -0.465 e. The lowest BCUT2D eigenvalue weighted by Gasteiger charge is -2.27. The monoisotopic (exact) mass is 402 g/mol. The molecule has 0 radical (unpaired) electrons. The Morgan fingerprint density at radius 3 is 1.93 bits per heavy atom. The van der Waals surface area contributed by atoms with Gasteiger partial charge in [0.15, 0.2) is 5.41 Å². The van der Waals surface area contributed by atoms with E-state index in [1.54, 1.807) is 13.8 Å². The number of halogens is 3. The van der Waals surface area contributed by atoms with Crippen molar-refractivity contribution in [2.75, 3.05) is 6.61 Å². The van der Waals surface area contributed by atoms with Crippen LogP contribution in [-0.4, -0.2) is 18.5 Å². The molecule has 0 atom stereocenters. The molecule has 0 saturated heterocycles. The Balaban J connectivity index is 2.69. The summed E-state index contributed by atoms with van der Waals surface area (Å²) in [5, 5.41) is 0. The maximum Gasteiger partial charge on any atom is 0.416 e. The van der Waals surface area contributed by atoms with E-state index in [1.807, 2.05) is 0 Å². The van der Waals surface area contributed by atoms with Gasteiger partial charge in [0.1, 0.15) is 6.61 Å². The van der Waals surface area contributed by atoms with Crippen molar-refractivity contribution in [1.82, 2.24) is 0 Å². The Bertz CT molecular complexity index is 620. The van der Waals surface area contributed by atoms with Crippen LogP contribution in [-0.2, 0) is 31.8 Å². The quantitative estimate of drug-likeness (QED) is 0.271. The highest BCUT2D eigenvalue weighted by Crippen LogP contribution is 2.31. The summed E-state index contributed by atoms with van der Waals surface area (Å²) in [6, 6.07) is 4.37. The molecular formula is C21H29F3O4. The third-order valence-electron chi connectivity index (χ3n) is 4.87. The minimum absolute atomic E-state index is 0.206. The van der Waals surface area contributed by atoms with Crippen LogP contribution in [0.3, 0.4) is 0 Å². The molecule has 1 rings (SSSR count). The number of unbranched alkanes of at least 4 members (excludes halogenated alkanes) is 3. The number of hydrogen-bond acceptors (Lipinski definition) is 4. The fourth-order valence-corrected chi connectivity index (χ4v) is 2.82. The summed E-state index contributed by atoms with van der Waals surface area (Å²) >= 11 is 0. The van der Waals surface area contributed by atoms with Crippen molar-refractivity contribution in [3.63, 3.8) is 0 Å². The Morgan fingerprint density at radius 1 is 0.857 bits per heavy atom. The summed E-state index contributed by atoms with van der Waals surface area (Å²) in [5.41, 5.74) is -1.75. The lowest BCUT2D eigenvalue weighted by molar-refractivity contribution is -0.174. The summed E-state index contributed by atoms with van der Waals surface area (Å²) in [6.07, 6.45) is -0.156. The molecule has 0 N–H and O–H groups in total. The second-order valence-corrected chi connectivity index (χ2v) is 6.76. The number of carbonyl (C=O) groups excluding carboxylic acids is 2. The van der Waals surface area contributed by atoms with E-state index in [2.05, 4.69) is 6.92 Å². The first-order valence-electron chi connectivity index (χ1n) is 9.71. The number of hydrogen-bond donors (Lipinski definition) is 0. The smallest absolute Gasteiger partial charge is 0.416 e. The summed E-state index contributed by atoms with van der Waals surface area (Å²) in [5.74, 6) is -1.32. The van der Waals surface area contributed by atoms with Gasteiger partial charge in [0.2, 0.25) is 0 Å². The van der Waals surface area contributed by atoms with Gasteiger partial charge in [0, 0.05) is 0 Å². The van der Waals surface area contributed by atoms with Crippen molar-refractivity contribution in [2.24, 2.45) is 5.41 Å². The zero-order valence-corrected chi connectivity index (χ0v) is 16.7. The summed E-state index contributed by atoms with van der Waals surface area (Å²) in [4.78, 5) is 25.1. The van der Waals surface area contributed by atoms with E-state index in [4.69, 9.17) is 9.47 Å². The number of carbonyl (C=O) groups is 2. The van der Waals surface area contributed by atoms with Gasteiger partial charge in [-0.25, -0.2) is 0 Å². The average molecular weight is 402 g/mol. The maximum atomic E-state index is 12.6. The van der Waals surface area contributed by atoms with Crippen LogP contribution in [0.2, 0.25) is 0 Å². The Hall–Kier alpha value is -2.05. The fourth-order valence-electron chi connectivity index (χ4n) is 2.82. The molecule has 0 bridgehead atoms. The van der Waals surface area contributed by atoms with Crippen molar-refractivity contribution in [3.05, 3.63) is 35.4 Å². The van der Waals surface area contributed by atoms with Crippen LogP contribution in [0.5, 0.6) is 0 Å². The topological polar surface area (TPSA) is 52.6 Å². The second kappa shape index (κ2) is 11.1. The molecule has 0 aliphatic rings. The standard InChI is InChI=1S/C21H29F3O4/c1-4-7-8-9-14-27-18(25)20(5-2,6-3)19(26)28-15-16-10-12-17(13-11-16)21(22,23)24/h10-13H,4-9,14-15H2,1-3H3. The van der Waals surface area contributed by atoms with Crippen molar-refractivity contribution in [3.8, 4) is 0 Å². The van der Waals surface area contributed by atoms with Gasteiger partial charge in [0.05, 0.1) is 12.2 Å². The molecule has 158 valence electrons. The third-order valence-corrected chi connectivity index (χ3v) is 4.87. The predicted octanol–water partition coefficient (Wildman–Crippen LogP) is 5.68. The van der Waals surface area contributed by atoms with Gasteiger partial charge in [-0.3, -0.25) is 9.59 Å². The van der Waals surface area contributed by atoms with E-state index in [1.165, 1.54) is 12.1 Å². The average Bonchev–Trinajstić information content (AvgIpc) is 2.67. The largest absolute Gasteiger partial charge is 0.465 e. The van der Waals surface area contributed by atoms with Crippen molar-refractivity contribution in [1.29, 1.82) is 0 Å². The van der Waals surface area contributed by atoms with E-state index >= 15 is 0 Å². The summed E-state index contributed by atoms with van der Waals surface area (Å²) in [7, 11) is 0. The fraction of sp³-hybridized carbons (Fsp3) is 0.619. The van der Waals surface area contributed by atoms with E-state index < -0.39 is 29.1 Å². The Morgan fingerprint density at radius 2 is 1.43 bits per heavy atom. The highest BCUT2D eigenvalue weighted by molar-refractivity contribution is 5.99. The molecular weight excluding hydrogens is 373 g/mol. The highest BCUT2D eigenvalue weighted by atomic mass is 19.4. The predicted molar refractivity (Wildman–Crippen MR) is 99.4 cm³/mol. The van der Waals surface area contributed by atoms with Crippen LogP contribution < -0.4 is 0 Å².